The van der Waals surface area contributed by atoms with Crippen LogP contribution in [0.1, 0.15) is 12.5 Å². The first-order valence-electron chi connectivity index (χ1n) is 5.84. The average molecular weight is 269 g/mol. The van der Waals surface area contributed by atoms with Gasteiger partial charge in [0.05, 0.1) is 20.3 Å². The molecule has 2 atom stereocenters. The van der Waals surface area contributed by atoms with Crippen LogP contribution in [0.3, 0.4) is 0 Å². The second-order valence-corrected chi connectivity index (χ2v) is 4.13. The molecule has 2 unspecified atom stereocenters. The molecule has 6 nitrogen and oxygen atoms in total. The third kappa shape index (κ3) is 4.11. The Hall–Kier alpha value is -1.79. The lowest BCUT2D eigenvalue weighted by Gasteiger charge is -2.17. The van der Waals surface area contributed by atoms with Crippen LogP contribution in [-0.2, 0) is 11.3 Å². The van der Waals surface area contributed by atoms with Crippen LogP contribution in [0.2, 0.25) is 0 Å². The summed E-state index contributed by atoms with van der Waals surface area (Å²) in [4.78, 5) is 10.9. The number of aliphatic hydroxyl groups excluding tert-OH is 1. The predicted octanol–water partition coefficient (Wildman–Crippen LogP) is 0.627. The van der Waals surface area contributed by atoms with Crippen LogP contribution in [0.25, 0.3) is 0 Å². The van der Waals surface area contributed by atoms with E-state index >= 15 is 0 Å². The summed E-state index contributed by atoms with van der Waals surface area (Å²) in [6.07, 6.45) is -0.974. The standard InChI is InChI=1S/C13H19NO5/c1-8(15)12(13(16)17)14-7-9-4-5-10(18-2)11(6-9)19-3/h4-6,8,12,14-15H,7H2,1-3H3,(H,16,17). The lowest BCUT2D eigenvalue weighted by molar-refractivity contribution is -0.142. The minimum Gasteiger partial charge on any atom is -0.493 e. The van der Waals surface area contributed by atoms with Crippen LogP contribution in [0.5, 0.6) is 11.5 Å². The minimum absolute atomic E-state index is 0.308. The van der Waals surface area contributed by atoms with Crippen molar-refractivity contribution in [2.24, 2.45) is 0 Å². The van der Waals surface area contributed by atoms with E-state index in [0.29, 0.717) is 18.0 Å². The Morgan fingerprint density at radius 1 is 1.32 bits per heavy atom. The molecule has 19 heavy (non-hydrogen) atoms. The summed E-state index contributed by atoms with van der Waals surface area (Å²) in [5.74, 6) is 0.0951. The Morgan fingerprint density at radius 2 is 1.95 bits per heavy atom. The quantitative estimate of drug-likeness (QED) is 0.673. The molecule has 0 amide bonds. The summed E-state index contributed by atoms with van der Waals surface area (Å²) in [5, 5.41) is 21.1. The van der Waals surface area contributed by atoms with Gasteiger partial charge in [0.2, 0.25) is 0 Å². The molecular formula is C13H19NO5. The lowest BCUT2D eigenvalue weighted by atomic mass is 10.1. The van der Waals surface area contributed by atoms with Crippen molar-refractivity contribution < 1.29 is 24.5 Å². The Bertz CT molecular complexity index is 433. The van der Waals surface area contributed by atoms with Gasteiger partial charge >= 0.3 is 5.97 Å². The van der Waals surface area contributed by atoms with Crippen LogP contribution in [0.4, 0.5) is 0 Å². The summed E-state index contributed by atoms with van der Waals surface area (Å²) >= 11 is 0. The van der Waals surface area contributed by atoms with E-state index in [1.807, 2.05) is 0 Å². The first-order valence-corrected chi connectivity index (χ1v) is 5.84. The number of nitrogens with one attached hydrogen (secondary N) is 1. The highest BCUT2D eigenvalue weighted by molar-refractivity contribution is 5.74. The van der Waals surface area contributed by atoms with E-state index < -0.39 is 18.1 Å². The van der Waals surface area contributed by atoms with Crippen molar-refractivity contribution in [3.05, 3.63) is 23.8 Å². The number of carbonyl (C=O) groups is 1. The van der Waals surface area contributed by atoms with Gasteiger partial charge < -0.3 is 19.7 Å². The highest BCUT2D eigenvalue weighted by atomic mass is 16.5. The first kappa shape index (κ1) is 15.3. The van der Waals surface area contributed by atoms with Gasteiger partial charge in [0.1, 0.15) is 6.04 Å². The van der Waals surface area contributed by atoms with E-state index in [2.05, 4.69) is 5.32 Å². The average Bonchev–Trinajstić information content (AvgIpc) is 2.37. The topological polar surface area (TPSA) is 88.0 Å². The van der Waals surface area contributed by atoms with Crippen LogP contribution in [0, 0.1) is 0 Å². The molecular weight excluding hydrogens is 250 g/mol. The van der Waals surface area contributed by atoms with Gasteiger partial charge in [0.15, 0.2) is 11.5 Å². The lowest BCUT2D eigenvalue weighted by Crippen LogP contribution is -2.44. The third-order valence-corrected chi connectivity index (χ3v) is 2.72. The predicted molar refractivity (Wildman–Crippen MR) is 69.5 cm³/mol. The van der Waals surface area contributed by atoms with Crippen molar-refractivity contribution in [3.8, 4) is 11.5 Å². The summed E-state index contributed by atoms with van der Waals surface area (Å²) in [6.45, 7) is 1.74. The van der Waals surface area contributed by atoms with Crippen LogP contribution >= 0.6 is 0 Å². The number of benzene rings is 1. The maximum absolute atomic E-state index is 10.9. The van der Waals surface area contributed by atoms with Gasteiger partial charge in [-0.25, -0.2) is 0 Å². The monoisotopic (exact) mass is 269 g/mol. The molecule has 0 spiro atoms. The normalized spacial score (nSPS) is 13.7. The van der Waals surface area contributed by atoms with E-state index in [4.69, 9.17) is 14.6 Å². The van der Waals surface area contributed by atoms with Crippen LogP contribution < -0.4 is 14.8 Å². The smallest absolute Gasteiger partial charge is 0.323 e. The van der Waals surface area contributed by atoms with Crippen molar-refractivity contribution >= 4 is 5.97 Å². The molecule has 0 aromatic heterocycles. The molecule has 0 aliphatic rings. The summed E-state index contributed by atoms with van der Waals surface area (Å²) < 4.78 is 10.3. The van der Waals surface area contributed by atoms with E-state index in [9.17, 15) is 9.90 Å². The van der Waals surface area contributed by atoms with Crippen molar-refractivity contribution in [2.45, 2.75) is 25.6 Å². The Labute approximate surface area is 112 Å². The number of hydrogen-bond donors (Lipinski definition) is 3. The first-order chi connectivity index (χ1) is 8.99. The zero-order valence-electron chi connectivity index (χ0n) is 11.2. The summed E-state index contributed by atoms with van der Waals surface area (Å²) in [5.41, 5.74) is 0.838. The van der Waals surface area contributed by atoms with Gasteiger partial charge in [-0.05, 0) is 24.6 Å². The molecule has 0 bridgehead atoms. The summed E-state index contributed by atoms with van der Waals surface area (Å²) in [6, 6.07) is 4.30. The number of ether oxygens (including phenoxy) is 2. The number of methoxy groups -OCH3 is 2. The molecule has 0 fully saturated rings. The highest BCUT2D eigenvalue weighted by Gasteiger charge is 2.22. The molecule has 1 aromatic carbocycles. The molecule has 0 heterocycles. The van der Waals surface area contributed by atoms with Crippen LogP contribution in [-0.4, -0.2) is 42.5 Å². The molecule has 0 saturated carbocycles. The Kier molecular flexibility index (Phi) is 5.59. The zero-order chi connectivity index (χ0) is 14.4. The molecule has 0 saturated heterocycles. The van der Waals surface area contributed by atoms with Crippen molar-refractivity contribution in [3.63, 3.8) is 0 Å². The van der Waals surface area contributed by atoms with E-state index in [-0.39, 0.29) is 0 Å². The van der Waals surface area contributed by atoms with E-state index in [1.54, 1.807) is 25.3 Å². The fourth-order valence-electron chi connectivity index (χ4n) is 1.68. The number of carboxylic acid groups (broad SMARTS) is 1. The molecule has 1 rings (SSSR count). The maximum Gasteiger partial charge on any atom is 0.323 e. The molecule has 0 radical (unpaired) electrons. The number of hydrogen-bond acceptors (Lipinski definition) is 5. The second kappa shape index (κ2) is 6.96. The highest BCUT2D eigenvalue weighted by Crippen LogP contribution is 2.27. The van der Waals surface area contributed by atoms with Gasteiger partial charge in [-0.3, -0.25) is 10.1 Å². The van der Waals surface area contributed by atoms with Gasteiger partial charge in [-0.1, -0.05) is 6.07 Å². The Balaban J connectivity index is 2.74. The maximum atomic E-state index is 10.9. The summed E-state index contributed by atoms with van der Waals surface area (Å²) in [7, 11) is 3.08. The number of carboxylic acids is 1. The van der Waals surface area contributed by atoms with E-state index in [1.165, 1.54) is 14.0 Å². The number of rotatable bonds is 7. The van der Waals surface area contributed by atoms with Crippen molar-refractivity contribution in [1.29, 1.82) is 0 Å². The number of aliphatic hydroxyl groups is 1. The van der Waals surface area contributed by atoms with Crippen LogP contribution in [0.15, 0.2) is 18.2 Å². The molecule has 3 N–H and O–H groups in total. The largest absolute Gasteiger partial charge is 0.493 e. The fraction of sp³-hybridized carbons (Fsp3) is 0.462. The third-order valence-electron chi connectivity index (χ3n) is 2.72. The van der Waals surface area contributed by atoms with Crippen molar-refractivity contribution in [1.82, 2.24) is 5.32 Å². The molecule has 6 heteroatoms. The van der Waals surface area contributed by atoms with Gasteiger partial charge in [-0.2, -0.15) is 0 Å². The fourth-order valence-corrected chi connectivity index (χ4v) is 1.68. The molecule has 0 aliphatic heterocycles. The van der Waals surface area contributed by atoms with Gasteiger partial charge in [0, 0.05) is 6.54 Å². The van der Waals surface area contributed by atoms with E-state index in [0.717, 1.165) is 5.56 Å². The number of aliphatic carboxylic acids is 1. The van der Waals surface area contributed by atoms with Gasteiger partial charge in [0.25, 0.3) is 0 Å². The minimum atomic E-state index is -1.09. The molecule has 0 aliphatic carbocycles. The van der Waals surface area contributed by atoms with Gasteiger partial charge in [-0.15, -0.1) is 0 Å². The zero-order valence-corrected chi connectivity index (χ0v) is 11.2. The SMILES string of the molecule is COc1ccc(CNC(C(=O)O)C(C)O)cc1OC. The second-order valence-electron chi connectivity index (χ2n) is 4.13. The molecule has 1 aromatic rings. The van der Waals surface area contributed by atoms with Crippen molar-refractivity contribution in [2.75, 3.05) is 14.2 Å². The molecule has 106 valence electrons. The Morgan fingerprint density at radius 3 is 2.42 bits per heavy atom.